The highest BCUT2D eigenvalue weighted by atomic mass is 16.1. The fraction of sp³-hybridized carbons (Fsp3) is 0.409. The molecule has 2 aromatic heterocycles. The van der Waals surface area contributed by atoms with Crippen molar-refractivity contribution < 1.29 is 0 Å². The zero-order valence-corrected chi connectivity index (χ0v) is 15.4. The molecule has 0 aliphatic heterocycles. The van der Waals surface area contributed by atoms with Gasteiger partial charge in [-0.05, 0) is 62.0 Å². The minimum Gasteiger partial charge on any atom is -0.367 e. The average Bonchev–Trinajstić information content (AvgIpc) is 3.15. The van der Waals surface area contributed by atoms with Crippen molar-refractivity contribution in [1.29, 1.82) is 0 Å². The number of hydrogen-bond donors (Lipinski definition) is 1. The van der Waals surface area contributed by atoms with E-state index in [-0.39, 0.29) is 11.6 Å². The van der Waals surface area contributed by atoms with Gasteiger partial charge < -0.3 is 5.32 Å². The smallest absolute Gasteiger partial charge is 0.267 e. The van der Waals surface area contributed by atoms with E-state index in [0.29, 0.717) is 6.04 Å². The summed E-state index contributed by atoms with van der Waals surface area (Å²) in [5, 5.41) is 10.7. The van der Waals surface area contributed by atoms with Crippen molar-refractivity contribution in [3.63, 3.8) is 0 Å². The molecule has 1 fully saturated rings. The Hall–Kier alpha value is -2.69. The van der Waals surface area contributed by atoms with Crippen molar-refractivity contribution >= 4 is 16.6 Å². The number of pyridine rings is 1. The molecular weight excluding hydrogens is 336 g/mol. The third-order valence-corrected chi connectivity index (χ3v) is 6.04. The molecule has 2 heterocycles. The molecule has 1 aromatic carbocycles. The van der Waals surface area contributed by atoms with Gasteiger partial charge in [0.05, 0.1) is 11.7 Å². The van der Waals surface area contributed by atoms with Crippen molar-refractivity contribution in [2.75, 3.05) is 5.32 Å². The van der Waals surface area contributed by atoms with E-state index in [1.165, 1.54) is 10.8 Å². The number of hydrogen-bond acceptors (Lipinski definition) is 4. The fourth-order valence-corrected chi connectivity index (χ4v) is 4.57. The van der Waals surface area contributed by atoms with E-state index in [4.69, 9.17) is 5.10 Å². The molecule has 0 atom stereocenters. The zero-order chi connectivity index (χ0) is 18.2. The molecule has 3 aromatic rings. The summed E-state index contributed by atoms with van der Waals surface area (Å²) in [5.41, 5.74) is 2.37. The first-order chi connectivity index (χ1) is 13.3. The molecule has 0 saturated heterocycles. The van der Waals surface area contributed by atoms with E-state index in [9.17, 15) is 4.79 Å². The first-order valence-corrected chi connectivity index (χ1v) is 10.00. The maximum atomic E-state index is 12.5. The number of fused-ring (bicyclic) bond motifs is 2. The van der Waals surface area contributed by atoms with E-state index in [1.807, 2.05) is 18.3 Å². The summed E-state index contributed by atoms with van der Waals surface area (Å²) in [6.45, 7) is 0. The lowest BCUT2D eigenvalue weighted by Crippen LogP contribution is -2.34. The topological polar surface area (TPSA) is 59.8 Å². The second-order valence-corrected chi connectivity index (χ2v) is 7.78. The van der Waals surface area contributed by atoms with Gasteiger partial charge in [-0.1, -0.05) is 24.3 Å². The molecule has 0 radical (unpaired) electrons. The van der Waals surface area contributed by atoms with Gasteiger partial charge >= 0.3 is 0 Å². The van der Waals surface area contributed by atoms with Crippen LogP contribution < -0.4 is 10.9 Å². The van der Waals surface area contributed by atoms with Crippen LogP contribution in [0.1, 0.15) is 49.4 Å². The van der Waals surface area contributed by atoms with E-state index < -0.39 is 0 Å². The number of aryl methyl sites for hydroxylation is 2. The monoisotopic (exact) mass is 360 g/mol. The fourth-order valence-electron chi connectivity index (χ4n) is 4.57. The molecule has 2 aliphatic rings. The lowest BCUT2D eigenvalue weighted by Gasteiger charge is -2.30. The highest BCUT2D eigenvalue weighted by Crippen LogP contribution is 2.31. The standard InChI is InChI=1S/C22H24N4O/c27-21-14-16-5-3-7-20(16)25-26(21)18-10-8-17(9-11-18)24-22-19-6-2-1-4-15(19)12-13-23-22/h1-2,4,6,12-14,17-18H,3,5,7-11H2,(H,23,24). The quantitative estimate of drug-likeness (QED) is 0.770. The van der Waals surface area contributed by atoms with Gasteiger partial charge in [0, 0.05) is 23.7 Å². The zero-order valence-electron chi connectivity index (χ0n) is 15.4. The second kappa shape index (κ2) is 6.80. The molecule has 2 aliphatic carbocycles. The summed E-state index contributed by atoms with van der Waals surface area (Å²) < 4.78 is 1.76. The van der Waals surface area contributed by atoms with Gasteiger partial charge in [-0.15, -0.1) is 0 Å². The molecule has 1 saturated carbocycles. The molecule has 0 spiro atoms. The van der Waals surface area contributed by atoms with Gasteiger partial charge in [0.15, 0.2) is 0 Å². The Balaban J connectivity index is 1.30. The summed E-state index contributed by atoms with van der Waals surface area (Å²) >= 11 is 0. The molecule has 0 amide bonds. The minimum atomic E-state index is 0.0720. The first kappa shape index (κ1) is 16.5. The third-order valence-electron chi connectivity index (χ3n) is 6.04. The SMILES string of the molecule is O=c1cc2c(nn1C1CCC(Nc3nccc4ccccc34)CC1)CCC2. The molecule has 27 heavy (non-hydrogen) atoms. The number of rotatable bonds is 3. The van der Waals surface area contributed by atoms with Crippen molar-refractivity contribution in [3.8, 4) is 0 Å². The molecule has 0 unspecified atom stereocenters. The Morgan fingerprint density at radius 1 is 1.04 bits per heavy atom. The number of aromatic nitrogens is 3. The maximum Gasteiger partial charge on any atom is 0.267 e. The highest BCUT2D eigenvalue weighted by molar-refractivity contribution is 5.91. The van der Waals surface area contributed by atoms with Crippen LogP contribution in [0.2, 0.25) is 0 Å². The summed E-state index contributed by atoms with van der Waals surface area (Å²) in [6.07, 6.45) is 9.03. The Kier molecular flexibility index (Phi) is 4.15. The first-order valence-electron chi connectivity index (χ1n) is 10.00. The van der Waals surface area contributed by atoms with Crippen molar-refractivity contribution in [2.45, 2.75) is 57.0 Å². The van der Waals surface area contributed by atoms with Gasteiger partial charge in [-0.2, -0.15) is 5.10 Å². The van der Waals surface area contributed by atoms with Crippen molar-refractivity contribution in [3.05, 3.63) is 64.2 Å². The Morgan fingerprint density at radius 2 is 1.89 bits per heavy atom. The number of nitrogens with zero attached hydrogens (tertiary/aromatic N) is 3. The van der Waals surface area contributed by atoms with Gasteiger partial charge in [0.25, 0.3) is 5.56 Å². The van der Waals surface area contributed by atoms with E-state index in [1.54, 1.807) is 4.68 Å². The number of benzene rings is 1. The van der Waals surface area contributed by atoms with Gasteiger partial charge in [-0.25, -0.2) is 9.67 Å². The van der Waals surface area contributed by atoms with Crippen LogP contribution in [-0.4, -0.2) is 20.8 Å². The predicted octanol–water partition coefficient (Wildman–Crippen LogP) is 3.88. The molecule has 138 valence electrons. The molecule has 5 nitrogen and oxygen atoms in total. The predicted molar refractivity (Wildman–Crippen MR) is 107 cm³/mol. The summed E-state index contributed by atoms with van der Waals surface area (Å²) in [5.74, 6) is 0.962. The molecule has 1 N–H and O–H groups in total. The van der Waals surface area contributed by atoms with Crippen LogP contribution >= 0.6 is 0 Å². The van der Waals surface area contributed by atoms with Crippen molar-refractivity contribution in [2.24, 2.45) is 0 Å². The van der Waals surface area contributed by atoms with Crippen LogP contribution in [0.15, 0.2) is 47.4 Å². The summed E-state index contributed by atoms with van der Waals surface area (Å²) in [7, 11) is 0. The van der Waals surface area contributed by atoms with E-state index >= 15 is 0 Å². The normalized spacial score (nSPS) is 21.9. The van der Waals surface area contributed by atoms with E-state index in [2.05, 4.69) is 34.6 Å². The molecule has 0 bridgehead atoms. The Morgan fingerprint density at radius 3 is 2.78 bits per heavy atom. The maximum absolute atomic E-state index is 12.5. The minimum absolute atomic E-state index is 0.0720. The van der Waals surface area contributed by atoms with Crippen LogP contribution in [0.25, 0.3) is 10.8 Å². The van der Waals surface area contributed by atoms with Crippen LogP contribution in [0, 0.1) is 0 Å². The van der Waals surface area contributed by atoms with Crippen molar-refractivity contribution in [1.82, 2.24) is 14.8 Å². The lowest BCUT2D eigenvalue weighted by atomic mass is 9.91. The van der Waals surface area contributed by atoms with E-state index in [0.717, 1.165) is 62.0 Å². The summed E-state index contributed by atoms with van der Waals surface area (Å²) in [4.78, 5) is 17.0. The van der Waals surface area contributed by atoms with Crippen LogP contribution in [0.4, 0.5) is 5.82 Å². The van der Waals surface area contributed by atoms with Crippen LogP contribution in [0.5, 0.6) is 0 Å². The van der Waals surface area contributed by atoms with Crippen LogP contribution in [0.3, 0.4) is 0 Å². The molecular formula is C22H24N4O. The second-order valence-electron chi connectivity index (χ2n) is 7.78. The third kappa shape index (κ3) is 3.11. The highest BCUT2D eigenvalue weighted by Gasteiger charge is 2.25. The number of nitrogens with one attached hydrogen (secondary N) is 1. The molecule has 5 heteroatoms. The van der Waals surface area contributed by atoms with Gasteiger partial charge in [-0.3, -0.25) is 4.79 Å². The average molecular weight is 360 g/mol. The van der Waals surface area contributed by atoms with Gasteiger partial charge in [0.2, 0.25) is 0 Å². The van der Waals surface area contributed by atoms with Crippen LogP contribution in [-0.2, 0) is 12.8 Å². The van der Waals surface area contributed by atoms with Gasteiger partial charge in [0.1, 0.15) is 5.82 Å². The lowest BCUT2D eigenvalue weighted by molar-refractivity contribution is 0.302. The number of anilines is 1. The largest absolute Gasteiger partial charge is 0.367 e. The molecule has 5 rings (SSSR count). The Bertz CT molecular complexity index is 1030. The summed E-state index contributed by atoms with van der Waals surface area (Å²) in [6, 6.07) is 12.8. The Labute approximate surface area is 158 Å².